The monoisotopic (exact) mass is 364 g/mol. The molecule has 0 radical (unpaired) electrons. The summed E-state index contributed by atoms with van der Waals surface area (Å²) in [4.78, 5) is 6.53. The van der Waals surface area contributed by atoms with Gasteiger partial charge < -0.3 is 4.90 Å². The van der Waals surface area contributed by atoms with Gasteiger partial charge >= 0.3 is 0 Å². The molecule has 0 N–H and O–H groups in total. The van der Waals surface area contributed by atoms with Crippen molar-refractivity contribution >= 4 is 5.84 Å². The van der Waals surface area contributed by atoms with Crippen LogP contribution in [0.3, 0.4) is 0 Å². The molecular weight excluding hydrogens is 340 g/mol. The average Bonchev–Trinajstić information content (AvgIpc) is 2.78. The van der Waals surface area contributed by atoms with Gasteiger partial charge in [0.25, 0.3) is 0 Å². The van der Waals surface area contributed by atoms with Crippen molar-refractivity contribution in [3.05, 3.63) is 146 Å². The molecule has 0 bridgehead atoms. The summed E-state index contributed by atoms with van der Waals surface area (Å²) in [6.45, 7) is 11.9. The summed E-state index contributed by atoms with van der Waals surface area (Å²) in [7, 11) is 0. The van der Waals surface area contributed by atoms with Crippen molar-refractivity contribution < 1.29 is 0 Å². The Labute approximate surface area is 167 Å². The van der Waals surface area contributed by atoms with E-state index < -0.39 is 5.54 Å². The van der Waals surface area contributed by atoms with Gasteiger partial charge in [-0.05, 0) is 29.0 Å². The van der Waals surface area contributed by atoms with Crippen LogP contribution in [0.5, 0.6) is 0 Å². The molecule has 0 saturated heterocycles. The minimum absolute atomic E-state index is 0.665. The first-order valence-electron chi connectivity index (χ1n) is 9.18. The van der Waals surface area contributed by atoms with Gasteiger partial charge in [0.2, 0.25) is 0 Å². The Hall–Kier alpha value is -3.65. The summed E-state index contributed by atoms with van der Waals surface area (Å²) >= 11 is 0. The van der Waals surface area contributed by atoms with Crippen LogP contribution in [0.2, 0.25) is 0 Å². The standard InChI is InChI=1S/C26H24N2/c1-4-25(27-5-2)28(6-3)26(22-16-10-7-11-17-22,23-18-12-8-13-19-23)24-20-14-9-15-21-24/h4-21H,1-3H2. The average molecular weight is 364 g/mol. The lowest BCUT2D eigenvalue weighted by molar-refractivity contribution is 0.352. The molecule has 0 atom stereocenters. The fraction of sp³-hybridized carbons (Fsp3) is 0.0385. The minimum Gasteiger partial charge on any atom is -0.315 e. The van der Waals surface area contributed by atoms with E-state index in [1.54, 1.807) is 12.3 Å². The molecule has 28 heavy (non-hydrogen) atoms. The van der Waals surface area contributed by atoms with Crippen molar-refractivity contribution in [1.29, 1.82) is 0 Å². The molecule has 0 amide bonds. The lowest BCUT2D eigenvalue weighted by Gasteiger charge is -2.44. The van der Waals surface area contributed by atoms with E-state index in [1.807, 2.05) is 18.2 Å². The zero-order chi connectivity index (χ0) is 19.8. The predicted molar refractivity (Wildman–Crippen MR) is 119 cm³/mol. The molecule has 0 aliphatic heterocycles. The van der Waals surface area contributed by atoms with Crippen LogP contribution in [0.25, 0.3) is 0 Å². The minimum atomic E-state index is -0.665. The molecule has 0 aliphatic carbocycles. The normalized spacial score (nSPS) is 11.5. The summed E-state index contributed by atoms with van der Waals surface area (Å²) < 4.78 is 0. The van der Waals surface area contributed by atoms with Gasteiger partial charge in [-0.1, -0.05) is 111 Å². The first kappa shape index (κ1) is 19.1. The van der Waals surface area contributed by atoms with Crippen LogP contribution in [-0.4, -0.2) is 10.7 Å². The SMILES string of the molecule is C=CN=C(C=C)N(C=C)C(c1ccccc1)(c1ccccc1)c1ccccc1. The van der Waals surface area contributed by atoms with Crippen molar-refractivity contribution in [2.75, 3.05) is 0 Å². The van der Waals surface area contributed by atoms with Crippen molar-refractivity contribution in [1.82, 2.24) is 4.90 Å². The Morgan fingerprint density at radius 3 is 1.36 bits per heavy atom. The topological polar surface area (TPSA) is 15.6 Å². The third-order valence-electron chi connectivity index (χ3n) is 4.77. The Balaban J connectivity index is 2.47. The third kappa shape index (κ3) is 3.33. The van der Waals surface area contributed by atoms with Crippen molar-refractivity contribution in [2.24, 2.45) is 4.99 Å². The summed E-state index contributed by atoms with van der Waals surface area (Å²) in [5.74, 6) is 0.668. The van der Waals surface area contributed by atoms with Gasteiger partial charge in [0.05, 0.1) is 0 Å². The molecule has 3 aromatic rings. The Bertz CT molecular complexity index is 860. The molecule has 0 heterocycles. The van der Waals surface area contributed by atoms with Crippen molar-refractivity contribution in [3.8, 4) is 0 Å². The molecule has 3 rings (SSSR count). The maximum absolute atomic E-state index is 4.47. The van der Waals surface area contributed by atoms with Crippen molar-refractivity contribution in [3.63, 3.8) is 0 Å². The zero-order valence-electron chi connectivity index (χ0n) is 15.9. The zero-order valence-corrected chi connectivity index (χ0v) is 15.9. The van der Waals surface area contributed by atoms with E-state index in [0.29, 0.717) is 5.84 Å². The predicted octanol–water partition coefficient (Wildman–Crippen LogP) is 6.15. The van der Waals surface area contributed by atoms with Crippen LogP contribution in [-0.2, 0) is 5.54 Å². The Morgan fingerprint density at radius 1 is 0.679 bits per heavy atom. The number of hydrogen-bond donors (Lipinski definition) is 0. The highest BCUT2D eigenvalue weighted by Gasteiger charge is 2.42. The maximum atomic E-state index is 4.47. The molecule has 0 aliphatic rings. The number of amidine groups is 1. The summed E-state index contributed by atoms with van der Waals surface area (Å²) in [5, 5.41) is 0. The van der Waals surface area contributed by atoms with Gasteiger partial charge in [0, 0.05) is 6.20 Å². The first-order chi connectivity index (χ1) is 13.8. The van der Waals surface area contributed by atoms with Gasteiger partial charge in [0.1, 0.15) is 11.4 Å². The smallest absolute Gasteiger partial charge is 0.133 e. The van der Waals surface area contributed by atoms with Gasteiger partial charge in [-0.3, -0.25) is 0 Å². The van der Waals surface area contributed by atoms with Crippen LogP contribution in [0.1, 0.15) is 16.7 Å². The lowest BCUT2D eigenvalue weighted by atomic mass is 9.75. The number of rotatable bonds is 7. The Kier molecular flexibility index (Phi) is 6.03. The van der Waals surface area contributed by atoms with Gasteiger partial charge in [-0.25, -0.2) is 4.99 Å². The molecule has 138 valence electrons. The third-order valence-corrected chi connectivity index (χ3v) is 4.77. The second kappa shape index (κ2) is 8.83. The fourth-order valence-corrected chi connectivity index (χ4v) is 3.66. The highest BCUT2D eigenvalue weighted by Crippen LogP contribution is 2.43. The lowest BCUT2D eigenvalue weighted by Crippen LogP contribution is -2.47. The van der Waals surface area contributed by atoms with Crippen molar-refractivity contribution in [2.45, 2.75) is 5.54 Å². The summed E-state index contributed by atoms with van der Waals surface area (Å²) in [6.07, 6.45) is 5.06. The maximum Gasteiger partial charge on any atom is 0.133 e. The van der Waals surface area contributed by atoms with Crippen LogP contribution < -0.4 is 0 Å². The van der Waals surface area contributed by atoms with E-state index in [4.69, 9.17) is 0 Å². The molecular formula is C26H24N2. The van der Waals surface area contributed by atoms with Gasteiger partial charge in [0.15, 0.2) is 0 Å². The highest BCUT2D eigenvalue weighted by atomic mass is 15.2. The number of hydrogen-bond acceptors (Lipinski definition) is 1. The fourth-order valence-electron chi connectivity index (χ4n) is 3.66. The van der Waals surface area contributed by atoms with Crippen LogP contribution in [0, 0.1) is 0 Å². The van der Waals surface area contributed by atoms with Crippen LogP contribution in [0.4, 0.5) is 0 Å². The molecule has 2 nitrogen and oxygen atoms in total. The van der Waals surface area contributed by atoms with E-state index in [9.17, 15) is 0 Å². The van der Waals surface area contributed by atoms with E-state index in [2.05, 4.69) is 102 Å². The summed E-state index contributed by atoms with van der Waals surface area (Å²) in [6, 6.07) is 31.2. The Morgan fingerprint density at radius 2 is 1.07 bits per heavy atom. The second-order valence-corrected chi connectivity index (χ2v) is 6.24. The number of benzene rings is 3. The van der Waals surface area contributed by atoms with E-state index >= 15 is 0 Å². The molecule has 3 aromatic carbocycles. The highest BCUT2D eigenvalue weighted by molar-refractivity contribution is 5.95. The quantitative estimate of drug-likeness (QED) is 0.279. The van der Waals surface area contributed by atoms with E-state index in [-0.39, 0.29) is 0 Å². The molecule has 0 unspecified atom stereocenters. The molecule has 0 aromatic heterocycles. The van der Waals surface area contributed by atoms with E-state index in [1.165, 1.54) is 6.20 Å². The van der Waals surface area contributed by atoms with Crippen LogP contribution in [0.15, 0.2) is 134 Å². The van der Waals surface area contributed by atoms with Gasteiger partial charge in [-0.15, -0.1) is 0 Å². The number of aliphatic imine (C=N–C) groups is 1. The molecule has 2 heteroatoms. The van der Waals surface area contributed by atoms with Gasteiger partial charge in [-0.2, -0.15) is 0 Å². The largest absolute Gasteiger partial charge is 0.315 e. The summed E-state index contributed by atoms with van der Waals surface area (Å²) in [5.41, 5.74) is 2.64. The first-order valence-corrected chi connectivity index (χ1v) is 9.18. The number of nitrogens with zero attached hydrogens (tertiary/aromatic N) is 2. The molecule has 0 fully saturated rings. The molecule has 0 saturated carbocycles. The molecule has 0 spiro atoms. The second-order valence-electron chi connectivity index (χ2n) is 6.24. The van der Waals surface area contributed by atoms with Crippen LogP contribution >= 0.6 is 0 Å². The van der Waals surface area contributed by atoms with E-state index in [0.717, 1.165) is 16.7 Å².